The number of carbonyl (C=O) groups excluding carboxylic acids is 2. The first kappa shape index (κ1) is 20.8. The molecule has 5 nitrogen and oxygen atoms in total. The average molecular weight is 402 g/mol. The second-order valence-corrected chi connectivity index (χ2v) is 7.35. The first-order valence-electron chi connectivity index (χ1n) is 9.62. The highest BCUT2D eigenvalue weighted by Crippen LogP contribution is 2.28. The van der Waals surface area contributed by atoms with Gasteiger partial charge in [-0.25, -0.2) is 8.78 Å². The van der Waals surface area contributed by atoms with E-state index >= 15 is 0 Å². The number of ether oxygens (including phenoxy) is 1. The van der Waals surface area contributed by atoms with E-state index in [9.17, 15) is 18.4 Å². The van der Waals surface area contributed by atoms with Gasteiger partial charge in [-0.1, -0.05) is 12.1 Å². The molecule has 0 bridgehead atoms. The molecular formula is C22H24F2N2O3. The third-order valence-electron chi connectivity index (χ3n) is 4.70. The van der Waals surface area contributed by atoms with Crippen LogP contribution in [0.1, 0.15) is 25.8 Å². The standard InChI is InChI=1S/C22H24F2N2O3/c1-14(2)29-18-6-3-15(4-7-18)9-10-25-22(28)16-11-21(27)26(13-16)20-8-5-17(23)12-19(20)24/h3-8,12,14,16H,9-11,13H2,1-2H3,(H,25,28). The quantitative estimate of drug-likeness (QED) is 0.772. The topological polar surface area (TPSA) is 58.6 Å². The minimum atomic E-state index is -0.815. The maximum absolute atomic E-state index is 13.9. The van der Waals surface area contributed by atoms with Gasteiger partial charge in [0.2, 0.25) is 11.8 Å². The van der Waals surface area contributed by atoms with Gasteiger partial charge in [0.15, 0.2) is 0 Å². The Morgan fingerprint density at radius 1 is 1.21 bits per heavy atom. The number of halogens is 2. The molecule has 1 N–H and O–H groups in total. The molecule has 1 fully saturated rings. The Morgan fingerprint density at radius 3 is 2.59 bits per heavy atom. The molecule has 2 amide bonds. The molecule has 3 rings (SSSR count). The first-order chi connectivity index (χ1) is 13.8. The van der Waals surface area contributed by atoms with E-state index in [2.05, 4.69) is 5.32 Å². The van der Waals surface area contributed by atoms with Gasteiger partial charge < -0.3 is 15.0 Å². The summed E-state index contributed by atoms with van der Waals surface area (Å²) in [6.45, 7) is 4.43. The minimum Gasteiger partial charge on any atom is -0.491 e. The maximum atomic E-state index is 13.9. The van der Waals surface area contributed by atoms with Crippen molar-refractivity contribution < 1.29 is 23.1 Å². The number of anilines is 1. The van der Waals surface area contributed by atoms with Gasteiger partial charge >= 0.3 is 0 Å². The SMILES string of the molecule is CC(C)Oc1ccc(CCNC(=O)C2CC(=O)N(c3ccc(F)cc3F)C2)cc1. The molecule has 1 heterocycles. The summed E-state index contributed by atoms with van der Waals surface area (Å²) in [5.74, 6) is -1.89. The second kappa shape index (κ2) is 9.03. The van der Waals surface area contributed by atoms with E-state index in [0.717, 1.165) is 23.4 Å². The van der Waals surface area contributed by atoms with Crippen molar-refractivity contribution in [3.05, 3.63) is 59.7 Å². The lowest BCUT2D eigenvalue weighted by atomic mass is 10.1. The Labute approximate surface area is 168 Å². The Hall–Kier alpha value is -2.96. The molecule has 1 saturated heterocycles. The van der Waals surface area contributed by atoms with Gasteiger partial charge in [-0.15, -0.1) is 0 Å². The summed E-state index contributed by atoms with van der Waals surface area (Å²) in [7, 11) is 0. The molecule has 2 aromatic carbocycles. The molecule has 29 heavy (non-hydrogen) atoms. The summed E-state index contributed by atoms with van der Waals surface area (Å²) in [6.07, 6.45) is 0.756. The Morgan fingerprint density at radius 2 is 1.93 bits per heavy atom. The average Bonchev–Trinajstić information content (AvgIpc) is 3.04. The van der Waals surface area contributed by atoms with Crippen molar-refractivity contribution in [3.8, 4) is 5.75 Å². The van der Waals surface area contributed by atoms with Crippen LogP contribution < -0.4 is 15.0 Å². The Bertz CT molecular complexity index is 884. The Balaban J connectivity index is 1.50. The predicted molar refractivity (Wildman–Crippen MR) is 106 cm³/mol. The van der Waals surface area contributed by atoms with Crippen LogP contribution in [0.3, 0.4) is 0 Å². The van der Waals surface area contributed by atoms with Crippen LogP contribution in [0, 0.1) is 17.6 Å². The van der Waals surface area contributed by atoms with E-state index in [1.165, 1.54) is 11.0 Å². The summed E-state index contributed by atoms with van der Waals surface area (Å²) in [5, 5.41) is 2.83. The lowest BCUT2D eigenvalue weighted by Crippen LogP contribution is -2.34. The van der Waals surface area contributed by atoms with Crippen LogP contribution >= 0.6 is 0 Å². The fraction of sp³-hybridized carbons (Fsp3) is 0.364. The summed E-state index contributed by atoms with van der Waals surface area (Å²) < 4.78 is 32.6. The number of nitrogens with one attached hydrogen (secondary N) is 1. The molecule has 0 aromatic heterocycles. The van der Waals surface area contributed by atoms with Crippen LogP contribution in [0.2, 0.25) is 0 Å². The zero-order valence-electron chi connectivity index (χ0n) is 16.5. The van der Waals surface area contributed by atoms with Crippen LogP contribution in [0.25, 0.3) is 0 Å². The third kappa shape index (κ3) is 5.31. The molecule has 1 aliphatic rings. The van der Waals surface area contributed by atoms with Crippen molar-refractivity contribution in [2.45, 2.75) is 32.8 Å². The van der Waals surface area contributed by atoms with Gasteiger partial charge in [0.05, 0.1) is 17.7 Å². The van der Waals surface area contributed by atoms with Gasteiger partial charge in [0.1, 0.15) is 17.4 Å². The van der Waals surface area contributed by atoms with Crippen molar-refractivity contribution in [1.29, 1.82) is 0 Å². The van der Waals surface area contributed by atoms with E-state index in [0.29, 0.717) is 13.0 Å². The molecular weight excluding hydrogens is 378 g/mol. The number of nitrogens with zero attached hydrogens (tertiary/aromatic N) is 1. The molecule has 0 radical (unpaired) electrons. The maximum Gasteiger partial charge on any atom is 0.227 e. The highest BCUT2D eigenvalue weighted by molar-refractivity contribution is 6.00. The summed E-state index contributed by atoms with van der Waals surface area (Å²) in [4.78, 5) is 25.8. The summed E-state index contributed by atoms with van der Waals surface area (Å²) >= 11 is 0. The van der Waals surface area contributed by atoms with E-state index in [1.807, 2.05) is 38.1 Å². The smallest absolute Gasteiger partial charge is 0.227 e. The van der Waals surface area contributed by atoms with Gasteiger partial charge in [-0.05, 0) is 50.1 Å². The van der Waals surface area contributed by atoms with Gasteiger partial charge in [-0.2, -0.15) is 0 Å². The highest BCUT2D eigenvalue weighted by Gasteiger charge is 2.36. The number of rotatable bonds is 7. The highest BCUT2D eigenvalue weighted by atomic mass is 19.1. The van der Waals surface area contributed by atoms with E-state index in [4.69, 9.17) is 4.74 Å². The van der Waals surface area contributed by atoms with Crippen molar-refractivity contribution in [2.24, 2.45) is 5.92 Å². The minimum absolute atomic E-state index is 0.00386. The molecule has 0 aliphatic carbocycles. The zero-order chi connectivity index (χ0) is 21.0. The van der Waals surface area contributed by atoms with Crippen molar-refractivity contribution in [3.63, 3.8) is 0 Å². The van der Waals surface area contributed by atoms with Crippen molar-refractivity contribution in [1.82, 2.24) is 5.32 Å². The lowest BCUT2D eigenvalue weighted by molar-refractivity contribution is -0.126. The van der Waals surface area contributed by atoms with Crippen LogP contribution in [-0.4, -0.2) is 31.0 Å². The van der Waals surface area contributed by atoms with Crippen LogP contribution in [-0.2, 0) is 16.0 Å². The molecule has 0 saturated carbocycles. The van der Waals surface area contributed by atoms with Gasteiger partial charge in [0.25, 0.3) is 0 Å². The second-order valence-electron chi connectivity index (χ2n) is 7.35. The molecule has 1 aliphatic heterocycles. The Kier molecular flexibility index (Phi) is 6.46. The summed E-state index contributed by atoms with van der Waals surface area (Å²) in [6, 6.07) is 10.7. The van der Waals surface area contributed by atoms with Crippen molar-refractivity contribution in [2.75, 3.05) is 18.0 Å². The molecule has 2 aromatic rings. The fourth-order valence-corrected chi connectivity index (χ4v) is 3.30. The number of hydrogen-bond acceptors (Lipinski definition) is 3. The lowest BCUT2D eigenvalue weighted by Gasteiger charge is -2.17. The monoisotopic (exact) mass is 402 g/mol. The van der Waals surface area contributed by atoms with E-state index < -0.39 is 17.6 Å². The molecule has 154 valence electrons. The van der Waals surface area contributed by atoms with Crippen molar-refractivity contribution >= 4 is 17.5 Å². The normalized spacial score (nSPS) is 16.4. The number of benzene rings is 2. The number of hydrogen-bond donors (Lipinski definition) is 1. The van der Waals surface area contributed by atoms with Gasteiger partial charge in [0, 0.05) is 25.6 Å². The third-order valence-corrected chi connectivity index (χ3v) is 4.70. The molecule has 7 heteroatoms. The van der Waals surface area contributed by atoms with Crippen LogP contribution in [0.5, 0.6) is 5.75 Å². The molecule has 1 atom stereocenters. The van der Waals surface area contributed by atoms with E-state index in [1.54, 1.807) is 0 Å². The fourth-order valence-electron chi connectivity index (χ4n) is 3.30. The number of carbonyl (C=O) groups is 2. The molecule has 1 unspecified atom stereocenters. The zero-order valence-corrected chi connectivity index (χ0v) is 16.5. The van der Waals surface area contributed by atoms with Gasteiger partial charge in [-0.3, -0.25) is 9.59 Å². The first-order valence-corrected chi connectivity index (χ1v) is 9.62. The van der Waals surface area contributed by atoms with E-state index in [-0.39, 0.29) is 36.6 Å². The van der Waals surface area contributed by atoms with Crippen LogP contribution in [0.4, 0.5) is 14.5 Å². The predicted octanol–water partition coefficient (Wildman–Crippen LogP) is 3.46. The largest absolute Gasteiger partial charge is 0.491 e. The molecule has 0 spiro atoms. The van der Waals surface area contributed by atoms with Crippen LogP contribution in [0.15, 0.2) is 42.5 Å². The summed E-state index contributed by atoms with van der Waals surface area (Å²) in [5.41, 5.74) is 1.05. The number of amides is 2.